The molecule has 0 aliphatic carbocycles. The molecule has 5 heteroatoms. The van der Waals surface area contributed by atoms with Gasteiger partial charge in [0, 0.05) is 24.1 Å². The number of esters is 1. The number of hydrogen-bond acceptors (Lipinski definition) is 4. The van der Waals surface area contributed by atoms with Crippen molar-refractivity contribution >= 4 is 23.3 Å². The maximum Gasteiger partial charge on any atom is 0.338 e. The van der Waals surface area contributed by atoms with Crippen LogP contribution in [0.3, 0.4) is 0 Å². The molecule has 0 atom stereocenters. The van der Waals surface area contributed by atoms with Gasteiger partial charge in [0.05, 0.1) is 12.2 Å². The highest BCUT2D eigenvalue weighted by molar-refractivity contribution is 6.00. The van der Waals surface area contributed by atoms with Crippen LogP contribution in [-0.4, -0.2) is 24.3 Å². The van der Waals surface area contributed by atoms with Crippen LogP contribution >= 0.6 is 0 Å². The number of aryl methyl sites for hydroxylation is 1. The Morgan fingerprint density at radius 3 is 2.31 bits per heavy atom. The second-order valence-corrected chi connectivity index (χ2v) is 5.82. The van der Waals surface area contributed by atoms with E-state index in [0.717, 1.165) is 6.42 Å². The third kappa shape index (κ3) is 5.55. The number of ether oxygens (including phenoxy) is 1. The number of hydrogen-bond donors (Lipinski definition) is 1. The lowest BCUT2D eigenvalue weighted by molar-refractivity contribution is -0.116. The number of benzene rings is 2. The Morgan fingerprint density at radius 2 is 1.65 bits per heavy atom. The molecule has 0 aromatic heterocycles. The minimum absolute atomic E-state index is 0.0666. The number of Topliss-reactive ketones (excluding diaryl/α,β-unsaturated/α-hetero) is 1. The molecule has 1 N–H and O–H groups in total. The predicted octanol–water partition coefficient (Wildman–Crippen LogP) is 4.03. The highest BCUT2D eigenvalue weighted by Crippen LogP contribution is 2.13. The molecule has 0 saturated heterocycles. The lowest BCUT2D eigenvalue weighted by Crippen LogP contribution is -2.14. The first-order chi connectivity index (χ1) is 12.5. The number of carbonyl (C=O) groups is 3. The Hall–Kier alpha value is -2.95. The van der Waals surface area contributed by atoms with E-state index in [0.29, 0.717) is 16.8 Å². The van der Waals surface area contributed by atoms with Gasteiger partial charge in [-0.05, 0) is 37.1 Å². The molecule has 0 aliphatic rings. The number of amides is 1. The SMILES string of the molecule is CCOC(=O)c1cccc(NC(=O)CCC(=O)c2ccc(CC)cc2)c1. The summed E-state index contributed by atoms with van der Waals surface area (Å²) in [6, 6.07) is 14.0. The zero-order valence-electron chi connectivity index (χ0n) is 15.1. The highest BCUT2D eigenvalue weighted by Gasteiger charge is 2.11. The van der Waals surface area contributed by atoms with E-state index in [1.165, 1.54) is 5.56 Å². The van der Waals surface area contributed by atoms with Crippen LogP contribution < -0.4 is 5.32 Å². The van der Waals surface area contributed by atoms with Crippen molar-refractivity contribution in [1.82, 2.24) is 0 Å². The molecule has 0 spiro atoms. The molecule has 0 bridgehead atoms. The predicted molar refractivity (Wildman–Crippen MR) is 100 cm³/mol. The second-order valence-electron chi connectivity index (χ2n) is 5.82. The van der Waals surface area contributed by atoms with Crippen molar-refractivity contribution in [1.29, 1.82) is 0 Å². The van der Waals surface area contributed by atoms with E-state index >= 15 is 0 Å². The molecule has 2 aromatic carbocycles. The summed E-state index contributed by atoms with van der Waals surface area (Å²) in [6.07, 6.45) is 1.13. The van der Waals surface area contributed by atoms with Crippen molar-refractivity contribution in [2.45, 2.75) is 33.1 Å². The van der Waals surface area contributed by atoms with Crippen molar-refractivity contribution in [2.24, 2.45) is 0 Å². The summed E-state index contributed by atoms with van der Waals surface area (Å²) in [5, 5.41) is 2.71. The van der Waals surface area contributed by atoms with Crippen LogP contribution in [0, 0.1) is 0 Å². The van der Waals surface area contributed by atoms with Crippen LogP contribution in [0.15, 0.2) is 48.5 Å². The average molecular weight is 353 g/mol. The molecule has 0 heterocycles. The van der Waals surface area contributed by atoms with Crippen molar-refractivity contribution in [2.75, 3.05) is 11.9 Å². The molecule has 2 rings (SSSR count). The first kappa shape index (κ1) is 19.4. The van der Waals surface area contributed by atoms with E-state index in [2.05, 4.69) is 12.2 Å². The lowest BCUT2D eigenvalue weighted by Gasteiger charge is -2.07. The Kier molecular flexibility index (Phi) is 7.09. The lowest BCUT2D eigenvalue weighted by atomic mass is 10.0. The largest absolute Gasteiger partial charge is 0.462 e. The molecule has 26 heavy (non-hydrogen) atoms. The molecule has 136 valence electrons. The van der Waals surface area contributed by atoms with Gasteiger partial charge in [0.1, 0.15) is 0 Å². The minimum atomic E-state index is -0.436. The first-order valence-corrected chi connectivity index (χ1v) is 8.72. The van der Waals surface area contributed by atoms with Gasteiger partial charge in [0.15, 0.2) is 5.78 Å². The van der Waals surface area contributed by atoms with Gasteiger partial charge >= 0.3 is 5.97 Å². The van der Waals surface area contributed by atoms with E-state index < -0.39 is 5.97 Å². The first-order valence-electron chi connectivity index (χ1n) is 8.72. The van der Waals surface area contributed by atoms with Crippen LogP contribution in [-0.2, 0) is 16.0 Å². The third-order valence-corrected chi connectivity index (χ3v) is 3.92. The monoisotopic (exact) mass is 353 g/mol. The summed E-state index contributed by atoms with van der Waals surface area (Å²) in [5.74, 6) is -0.776. The Labute approximate surface area is 153 Å². The fourth-order valence-corrected chi connectivity index (χ4v) is 2.46. The minimum Gasteiger partial charge on any atom is -0.462 e. The normalized spacial score (nSPS) is 10.2. The highest BCUT2D eigenvalue weighted by atomic mass is 16.5. The van der Waals surface area contributed by atoms with E-state index in [1.807, 2.05) is 12.1 Å². The Balaban J connectivity index is 1.89. The fraction of sp³-hybridized carbons (Fsp3) is 0.286. The second kappa shape index (κ2) is 9.51. The summed E-state index contributed by atoms with van der Waals surface area (Å²) in [7, 11) is 0. The number of anilines is 1. The Morgan fingerprint density at radius 1 is 0.923 bits per heavy atom. The molecule has 2 aromatic rings. The molecular weight excluding hydrogens is 330 g/mol. The standard InChI is InChI=1S/C21H23NO4/c1-3-15-8-10-16(11-9-15)19(23)12-13-20(24)22-18-7-5-6-17(14-18)21(25)26-4-2/h5-11,14H,3-4,12-13H2,1-2H3,(H,22,24). The number of ketones is 1. The van der Waals surface area contributed by atoms with Crippen LogP contribution in [0.2, 0.25) is 0 Å². The van der Waals surface area contributed by atoms with Crippen LogP contribution in [0.4, 0.5) is 5.69 Å². The summed E-state index contributed by atoms with van der Waals surface area (Å²) in [5.41, 5.74) is 2.65. The Bertz CT molecular complexity index is 781. The van der Waals surface area contributed by atoms with Gasteiger partial charge in [-0.25, -0.2) is 4.79 Å². The van der Waals surface area contributed by atoms with E-state index in [4.69, 9.17) is 4.74 Å². The van der Waals surface area contributed by atoms with Crippen molar-refractivity contribution in [3.63, 3.8) is 0 Å². The fourth-order valence-electron chi connectivity index (χ4n) is 2.46. The summed E-state index contributed by atoms with van der Waals surface area (Å²) >= 11 is 0. The molecule has 0 unspecified atom stereocenters. The van der Waals surface area contributed by atoms with Crippen LogP contribution in [0.1, 0.15) is 53.0 Å². The van der Waals surface area contributed by atoms with Crippen LogP contribution in [0.25, 0.3) is 0 Å². The molecule has 0 fully saturated rings. The van der Waals surface area contributed by atoms with Gasteiger partial charge in [-0.15, -0.1) is 0 Å². The van der Waals surface area contributed by atoms with Crippen molar-refractivity contribution in [3.05, 3.63) is 65.2 Å². The molecule has 0 radical (unpaired) electrons. The number of nitrogens with one attached hydrogen (secondary N) is 1. The summed E-state index contributed by atoms with van der Waals surface area (Å²) in [6.45, 7) is 4.07. The van der Waals surface area contributed by atoms with Gasteiger partial charge in [0.25, 0.3) is 0 Å². The molecule has 5 nitrogen and oxygen atoms in total. The van der Waals surface area contributed by atoms with E-state index in [9.17, 15) is 14.4 Å². The van der Waals surface area contributed by atoms with Gasteiger partial charge in [-0.3, -0.25) is 9.59 Å². The molecule has 0 aliphatic heterocycles. The number of rotatable bonds is 8. The maximum atomic E-state index is 12.2. The quantitative estimate of drug-likeness (QED) is 0.574. The third-order valence-electron chi connectivity index (χ3n) is 3.92. The van der Waals surface area contributed by atoms with E-state index in [-0.39, 0.29) is 31.1 Å². The average Bonchev–Trinajstić information content (AvgIpc) is 2.66. The van der Waals surface area contributed by atoms with Gasteiger partial charge in [0.2, 0.25) is 5.91 Å². The van der Waals surface area contributed by atoms with E-state index in [1.54, 1.807) is 43.3 Å². The topological polar surface area (TPSA) is 72.5 Å². The van der Waals surface area contributed by atoms with Gasteiger partial charge in [-0.1, -0.05) is 37.3 Å². The van der Waals surface area contributed by atoms with Crippen molar-refractivity contribution < 1.29 is 19.1 Å². The van der Waals surface area contributed by atoms with Gasteiger partial charge < -0.3 is 10.1 Å². The molecular formula is C21H23NO4. The van der Waals surface area contributed by atoms with Gasteiger partial charge in [-0.2, -0.15) is 0 Å². The smallest absolute Gasteiger partial charge is 0.338 e. The molecule has 1 amide bonds. The zero-order valence-corrected chi connectivity index (χ0v) is 15.1. The summed E-state index contributed by atoms with van der Waals surface area (Å²) < 4.78 is 4.94. The molecule has 0 saturated carbocycles. The maximum absolute atomic E-state index is 12.2. The van der Waals surface area contributed by atoms with Crippen LogP contribution in [0.5, 0.6) is 0 Å². The zero-order chi connectivity index (χ0) is 18.9. The summed E-state index contributed by atoms with van der Waals surface area (Å²) in [4.78, 5) is 36.0. The van der Waals surface area contributed by atoms with Crippen molar-refractivity contribution in [3.8, 4) is 0 Å². The number of carbonyl (C=O) groups excluding carboxylic acids is 3.